The van der Waals surface area contributed by atoms with Crippen molar-refractivity contribution in [1.29, 1.82) is 0 Å². The minimum atomic E-state index is 0.0165. The number of hydrogen-bond acceptors (Lipinski definition) is 5. The molecule has 7 heteroatoms. The number of amides is 1. The Morgan fingerprint density at radius 1 is 1.67 bits per heavy atom. The summed E-state index contributed by atoms with van der Waals surface area (Å²) >= 11 is 6.19. The standard InChI is InChI=1S/C11H16N4OS2/c1-2-8-9(18-14-13-8)11(16)15-5-3-4-7(6-15)10(12)17/h7H,2-6H2,1H3,(H2,12,17). The van der Waals surface area contributed by atoms with Crippen molar-refractivity contribution in [3.8, 4) is 0 Å². The SMILES string of the molecule is CCc1nnsc1C(=O)N1CCCC(C(N)=S)C1. The molecule has 0 aliphatic carbocycles. The normalized spacial score (nSPS) is 19.8. The highest BCUT2D eigenvalue weighted by atomic mass is 32.1. The van der Waals surface area contributed by atoms with Crippen LogP contribution in [0.3, 0.4) is 0 Å². The molecule has 1 aliphatic heterocycles. The summed E-state index contributed by atoms with van der Waals surface area (Å²) in [6.07, 6.45) is 2.65. The highest BCUT2D eigenvalue weighted by molar-refractivity contribution is 7.80. The van der Waals surface area contributed by atoms with Crippen molar-refractivity contribution < 1.29 is 4.79 Å². The molecule has 1 unspecified atom stereocenters. The van der Waals surface area contributed by atoms with Gasteiger partial charge in [-0.05, 0) is 30.8 Å². The molecule has 1 fully saturated rings. The van der Waals surface area contributed by atoms with E-state index in [4.69, 9.17) is 18.0 Å². The average Bonchev–Trinajstić information content (AvgIpc) is 2.86. The third-order valence-corrected chi connectivity index (χ3v) is 4.29. The Kier molecular flexibility index (Phi) is 4.23. The zero-order chi connectivity index (χ0) is 13.1. The molecular weight excluding hydrogens is 268 g/mol. The van der Waals surface area contributed by atoms with Crippen molar-refractivity contribution in [2.75, 3.05) is 13.1 Å². The smallest absolute Gasteiger partial charge is 0.267 e. The van der Waals surface area contributed by atoms with Crippen molar-refractivity contribution in [3.05, 3.63) is 10.6 Å². The summed E-state index contributed by atoms with van der Waals surface area (Å²) in [4.78, 5) is 15.4. The summed E-state index contributed by atoms with van der Waals surface area (Å²) < 4.78 is 3.86. The minimum Gasteiger partial charge on any atom is -0.393 e. The minimum absolute atomic E-state index is 0.0165. The summed E-state index contributed by atoms with van der Waals surface area (Å²) in [6, 6.07) is 0. The van der Waals surface area contributed by atoms with Gasteiger partial charge in [-0.2, -0.15) is 0 Å². The van der Waals surface area contributed by atoms with Crippen molar-refractivity contribution >= 4 is 34.6 Å². The largest absolute Gasteiger partial charge is 0.393 e. The molecule has 1 aliphatic rings. The van der Waals surface area contributed by atoms with Gasteiger partial charge in [0.1, 0.15) is 4.88 Å². The second-order valence-electron chi connectivity index (χ2n) is 4.39. The van der Waals surface area contributed by atoms with Crippen LogP contribution in [0.25, 0.3) is 0 Å². The fourth-order valence-corrected chi connectivity index (χ4v) is 3.05. The second kappa shape index (κ2) is 5.71. The molecule has 0 saturated carbocycles. The van der Waals surface area contributed by atoms with Crippen LogP contribution in [-0.2, 0) is 6.42 Å². The number of nitrogens with zero attached hydrogens (tertiary/aromatic N) is 3. The molecule has 1 aromatic heterocycles. The first-order valence-electron chi connectivity index (χ1n) is 6.03. The Morgan fingerprint density at radius 3 is 3.11 bits per heavy atom. The molecule has 18 heavy (non-hydrogen) atoms. The predicted molar refractivity (Wildman–Crippen MR) is 74.7 cm³/mol. The Bertz CT molecular complexity index is 460. The van der Waals surface area contributed by atoms with Crippen LogP contribution in [-0.4, -0.2) is 38.5 Å². The van der Waals surface area contributed by atoms with Crippen molar-refractivity contribution in [3.63, 3.8) is 0 Å². The van der Waals surface area contributed by atoms with E-state index < -0.39 is 0 Å². The number of nitrogens with two attached hydrogens (primary N) is 1. The maximum absolute atomic E-state index is 12.4. The van der Waals surface area contributed by atoms with E-state index in [0.717, 1.165) is 31.5 Å². The molecule has 0 bridgehead atoms. The van der Waals surface area contributed by atoms with Gasteiger partial charge in [0.05, 0.1) is 10.7 Å². The number of hydrogen-bond donors (Lipinski definition) is 1. The van der Waals surface area contributed by atoms with Gasteiger partial charge in [-0.1, -0.05) is 23.6 Å². The van der Waals surface area contributed by atoms with E-state index in [9.17, 15) is 4.79 Å². The number of aryl methyl sites for hydroxylation is 1. The molecule has 98 valence electrons. The lowest BCUT2D eigenvalue weighted by molar-refractivity contribution is 0.0707. The second-order valence-corrected chi connectivity index (χ2v) is 5.62. The number of thiocarbonyl (C=S) groups is 1. The van der Waals surface area contributed by atoms with Gasteiger partial charge in [0, 0.05) is 19.0 Å². The van der Waals surface area contributed by atoms with Gasteiger partial charge in [0.15, 0.2) is 0 Å². The summed E-state index contributed by atoms with van der Waals surface area (Å²) in [5, 5.41) is 3.98. The van der Waals surface area contributed by atoms with E-state index >= 15 is 0 Å². The van der Waals surface area contributed by atoms with E-state index in [1.165, 1.54) is 11.5 Å². The van der Waals surface area contributed by atoms with E-state index in [-0.39, 0.29) is 11.8 Å². The van der Waals surface area contributed by atoms with Crippen molar-refractivity contribution in [2.24, 2.45) is 11.7 Å². The number of carbonyl (C=O) groups excluding carboxylic acids is 1. The summed E-state index contributed by atoms with van der Waals surface area (Å²) in [5.74, 6) is 0.159. The lowest BCUT2D eigenvalue weighted by Gasteiger charge is -2.31. The first-order chi connectivity index (χ1) is 8.63. The van der Waals surface area contributed by atoms with Gasteiger partial charge in [0.2, 0.25) is 0 Å². The van der Waals surface area contributed by atoms with Crippen LogP contribution in [0.4, 0.5) is 0 Å². The lowest BCUT2D eigenvalue weighted by atomic mass is 9.98. The molecule has 1 saturated heterocycles. The first kappa shape index (κ1) is 13.4. The van der Waals surface area contributed by atoms with E-state index in [1.54, 1.807) is 0 Å². The molecule has 2 heterocycles. The molecule has 1 atom stereocenters. The number of rotatable bonds is 3. The molecule has 5 nitrogen and oxygen atoms in total. The number of carbonyl (C=O) groups is 1. The third kappa shape index (κ3) is 2.67. The maximum atomic E-state index is 12.4. The van der Waals surface area contributed by atoms with Crippen molar-refractivity contribution in [1.82, 2.24) is 14.5 Å². The average molecular weight is 284 g/mol. The zero-order valence-electron chi connectivity index (χ0n) is 10.3. The molecule has 0 aromatic carbocycles. The molecular formula is C11H16N4OS2. The summed E-state index contributed by atoms with van der Waals surface area (Å²) in [6.45, 7) is 3.36. The van der Waals surface area contributed by atoms with Crippen LogP contribution in [0, 0.1) is 5.92 Å². The number of aromatic nitrogens is 2. The van der Waals surface area contributed by atoms with Crippen LogP contribution in [0.15, 0.2) is 0 Å². The summed E-state index contributed by atoms with van der Waals surface area (Å²) in [7, 11) is 0. The Labute approximate surface area is 116 Å². The number of piperidine rings is 1. The van der Waals surface area contributed by atoms with Gasteiger partial charge in [-0.3, -0.25) is 4.79 Å². The van der Waals surface area contributed by atoms with Gasteiger partial charge in [-0.25, -0.2) is 0 Å². The Morgan fingerprint density at radius 2 is 2.44 bits per heavy atom. The zero-order valence-corrected chi connectivity index (χ0v) is 11.9. The van der Waals surface area contributed by atoms with Gasteiger partial charge < -0.3 is 10.6 Å². The van der Waals surface area contributed by atoms with Gasteiger partial charge in [-0.15, -0.1) is 5.10 Å². The molecule has 2 rings (SSSR count). The number of likely N-dealkylation sites (tertiary alicyclic amines) is 1. The monoisotopic (exact) mass is 284 g/mol. The fraction of sp³-hybridized carbons (Fsp3) is 0.636. The van der Waals surface area contributed by atoms with Gasteiger partial charge >= 0.3 is 0 Å². The van der Waals surface area contributed by atoms with Crippen LogP contribution < -0.4 is 5.73 Å². The van der Waals surface area contributed by atoms with Crippen molar-refractivity contribution in [2.45, 2.75) is 26.2 Å². The van der Waals surface area contributed by atoms with Crippen LogP contribution in [0.2, 0.25) is 0 Å². The molecule has 1 aromatic rings. The van der Waals surface area contributed by atoms with E-state index in [1.807, 2.05) is 11.8 Å². The van der Waals surface area contributed by atoms with E-state index in [2.05, 4.69) is 9.59 Å². The fourth-order valence-electron chi connectivity index (χ4n) is 2.14. The highest BCUT2D eigenvalue weighted by Gasteiger charge is 2.28. The third-order valence-electron chi connectivity index (χ3n) is 3.20. The first-order valence-corrected chi connectivity index (χ1v) is 7.21. The molecule has 0 spiro atoms. The summed E-state index contributed by atoms with van der Waals surface area (Å²) in [5.41, 5.74) is 6.46. The van der Waals surface area contributed by atoms with Crippen LogP contribution >= 0.6 is 23.8 Å². The van der Waals surface area contributed by atoms with Crippen LogP contribution in [0.5, 0.6) is 0 Å². The predicted octanol–water partition coefficient (Wildman–Crippen LogP) is 1.24. The molecule has 0 radical (unpaired) electrons. The quantitative estimate of drug-likeness (QED) is 0.846. The maximum Gasteiger partial charge on any atom is 0.267 e. The van der Waals surface area contributed by atoms with Crippen LogP contribution in [0.1, 0.15) is 35.1 Å². The molecule has 2 N–H and O–H groups in total. The Hall–Kier alpha value is -1.08. The molecule has 1 amide bonds. The highest BCUT2D eigenvalue weighted by Crippen LogP contribution is 2.21. The van der Waals surface area contributed by atoms with Gasteiger partial charge in [0.25, 0.3) is 5.91 Å². The van der Waals surface area contributed by atoms with E-state index in [0.29, 0.717) is 16.4 Å². The Balaban J connectivity index is 2.11. The lowest BCUT2D eigenvalue weighted by Crippen LogP contribution is -2.43. The topological polar surface area (TPSA) is 72.1 Å².